The SMILES string of the molecule is c1ccc(CN2CCn3nc(-c4ccccc4)cc3C2)cc1. The molecule has 2 aromatic carbocycles. The van der Waals surface area contributed by atoms with Gasteiger partial charge in [0.05, 0.1) is 17.9 Å². The summed E-state index contributed by atoms with van der Waals surface area (Å²) in [6.07, 6.45) is 0. The van der Waals surface area contributed by atoms with Crippen molar-refractivity contribution in [2.24, 2.45) is 0 Å². The molecule has 1 aliphatic rings. The molecule has 0 amide bonds. The molecule has 0 unspecified atom stereocenters. The molecule has 1 aromatic heterocycles. The summed E-state index contributed by atoms with van der Waals surface area (Å²) in [6.45, 7) is 3.99. The number of hydrogen-bond acceptors (Lipinski definition) is 2. The molecule has 1 aliphatic heterocycles. The second-order valence-electron chi connectivity index (χ2n) is 5.81. The minimum absolute atomic E-state index is 0.967. The minimum atomic E-state index is 0.967. The number of hydrogen-bond donors (Lipinski definition) is 0. The van der Waals surface area contributed by atoms with Crippen molar-refractivity contribution in [3.63, 3.8) is 0 Å². The van der Waals surface area contributed by atoms with Crippen LogP contribution in [0.4, 0.5) is 0 Å². The number of fused-ring (bicyclic) bond motifs is 1. The monoisotopic (exact) mass is 289 g/mol. The highest BCUT2D eigenvalue weighted by Gasteiger charge is 2.18. The zero-order chi connectivity index (χ0) is 14.8. The summed E-state index contributed by atoms with van der Waals surface area (Å²) in [5, 5.41) is 4.75. The largest absolute Gasteiger partial charge is 0.291 e. The topological polar surface area (TPSA) is 21.1 Å². The Kier molecular flexibility index (Phi) is 3.49. The van der Waals surface area contributed by atoms with Crippen LogP contribution in [0, 0.1) is 0 Å². The van der Waals surface area contributed by atoms with Crippen LogP contribution >= 0.6 is 0 Å². The Morgan fingerprint density at radius 2 is 1.59 bits per heavy atom. The molecule has 3 heteroatoms. The third kappa shape index (κ3) is 2.68. The summed E-state index contributed by atoms with van der Waals surface area (Å²) < 4.78 is 2.16. The standard InChI is InChI=1S/C19H19N3/c1-3-7-16(8-4-1)14-21-11-12-22-18(15-21)13-19(20-22)17-9-5-2-6-10-17/h1-10,13H,11-12,14-15H2. The molecule has 2 heterocycles. The zero-order valence-corrected chi connectivity index (χ0v) is 12.5. The van der Waals surface area contributed by atoms with Gasteiger partial charge >= 0.3 is 0 Å². The minimum Gasteiger partial charge on any atom is -0.291 e. The molecule has 0 bridgehead atoms. The molecule has 110 valence electrons. The number of rotatable bonds is 3. The molecule has 0 aliphatic carbocycles. The maximum absolute atomic E-state index is 4.75. The lowest BCUT2D eigenvalue weighted by Gasteiger charge is -2.27. The third-order valence-corrected chi connectivity index (χ3v) is 4.20. The van der Waals surface area contributed by atoms with Crippen molar-refractivity contribution >= 4 is 0 Å². The molecule has 0 atom stereocenters. The molecular weight excluding hydrogens is 270 g/mol. The van der Waals surface area contributed by atoms with Crippen molar-refractivity contribution in [1.82, 2.24) is 14.7 Å². The van der Waals surface area contributed by atoms with Crippen LogP contribution in [0.2, 0.25) is 0 Å². The molecule has 3 aromatic rings. The van der Waals surface area contributed by atoms with Gasteiger partial charge in [-0.2, -0.15) is 5.10 Å². The van der Waals surface area contributed by atoms with E-state index in [-0.39, 0.29) is 0 Å². The van der Waals surface area contributed by atoms with E-state index in [9.17, 15) is 0 Å². The first-order chi connectivity index (χ1) is 10.9. The molecule has 0 saturated carbocycles. The van der Waals surface area contributed by atoms with Gasteiger partial charge in [-0.15, -0.1) is 0 Å². The quantitative estimate of drug-likeness (QED) is 0.735. The second-order valence-corrected chi connectivity index (χ2v) is 5.81. The van der Waals surface area contributed by atoms with Crippen molar-refractivity contribution in [2.45, 2.75) is 19.6 Å². The lowest BCUT2D eigenvalue weighted by molar-refractivity contribution is 0.205. The van der Waals surface area contributed by atoms with Gasteiger partial charge in [0, 0.05) is 25.2 Å². The first-order valence-corrected chi connectivity index (χ1v) is 7.77. The summed E-state index contributed by atoms with van der Waals surface area (Å²) in [5.41, 5.74) is 4.95. The number of benzene rings is 2. The summed E-state index contributed by atoms with van der Waals surface area (Å²) in [7, 11) is 0. The van der Waals surface area contributed by atoms with Crippen LogP contribution in [0.3, 0.4) is 0 Å². The number of aromatic nitrogens is 2. The van der Waals surface area contributed by atoms with Gasteiger partial charge in [0.25, 0.3) is 0 Å². The van der Waals surface area contributed by atoms with Gasteiger partial charge in [-0.1, -0.05) is 60.7 Å². The third-order valence-electron chi connectivity index (χ3n) is 4.20. The first-order valence-electron chi connectivity index (χ1n) is 7.77. The lowest BCUT2D eigenvalue weighted by atomic mass is 10.1. The zero-order valence-electron chi connectivity index (χ0n) is 12.5. The smallest absolute Gasteiger partial charge is 0.0926 e. The molecule has 0 spiro atoms. The molecule has 3 nitrogen and oxygen atoms in total. The van der Waals surface area contributed by atoms with Gasteiger partial charge in [-0.05, 0) is 11.6 Å². The van der Waals surface area contributed by atoms with Gasteiger partial charge in [0.2, 0.25) is 0 Å². The average molecular weight is 289 g/mol. The molecular formula is C19H19N3. The fourth-order valence-corrected chi connectivity index (χ4v) is 3.05. The summed E-state index contributed by atoms with van der Waals surface area (Å²) in [6, 6.07) is 23.3. The van der Waals surface area contributed by atoms with E-state index < -0.39 is 0 Å². The van der Waals surface area contributed by atoms with E-state index in [2.05, 4.69) is 70.2 Å². The average Bonchev–Trinajstić information content (AvgIpc) is 3.00. The van der Waals surface area contributed by atoms with Crippen LogP contribution < -0.4 is 0 Å². The van der Waals surface area contributed by atoms with E-state index in [0.29, 0.717) is 0 Å². The van der Waals surface area contributed by atoms with E-state index in [1.807, 2.05) is 6.07 Å². The van der Waals surface area contributed by atoms with Crippen LogP contribution in [0.15, 0.2) is 66.7 Å². The van der Waals surface area contributed by atoms with Gasteiger partial charge < -0.3 is 0 Å². The van der Waals surface area contributed by atoms with Crippen LogP contribution in [0.1, 0.15) is 11.3 Å². The Morgan fingerprint density at radius 3 is 2.36 bits per heavy atom. The molecule has 0 radical (unpaired) electrons. The van der Waals surface area contributed by atoms with Gasteiger partial charge in [0.1, 0.15) is 0 Å². The van der Waals surface area contributed by atoms with Gasteiger partial charge in [0.15, 0.2) is 0 Å². The van der Waals surface area contributed by atoms with Crippen LogP contribution in [-0.4, -0.2) is 21.2 Å². The maximum Gasteiger partial charge on any atom is 0.0926 e. The molecule has 22 heavy (non-hydrogen) atoms. The highest BCUT2D eigenvalue weighted by Crippen LogP contribution is 2.22. The Morgan fingerprint density at radius 1 is 0.864 bits per heavy atom. The fraction of sp³-hybridized carbons (Fsp3) is 0.211. The van der Waals surface area contributed by atoms with Crippen molar-refractivity contribution in [2.75, 3.05) is 6.54 Å². The first kappa shape index (κ1) is 13.3. The Labute approximate surface area is 130 Å². The van der Waals surface area contributed by atoms with Crippen molar-refractivity contribution in [1.29, 1.82) is 0 Å². The maximum atomic E-state index is 4.75. The van der Waals surface area contributed by atoms with E-state index >= 15 is 0 Å². The molecule has 0 fully saturated rings. The van der Waals surface area contributed by atoms with Crippen LogP contribution in [-0.2, 0) is 19.6 Å². The van der Waals surface area contributed by atoms with Crippen molar-refractivity contribution < 1.29 is 0 Å². The van der Waals surface area contributed by atoms with Crippen LogP contribution in [0.5, 0.6) is 0 Å². The molecule has 0 saturated heterocycles. The molecule has 4 rings (SSSR count). The second kappa shape index (κ2) is 5.78. The predicted molar refractivity (Wildman–Crippen MR) is 88.2 cm³/mol. The van der Waals surface area contributed by atoms with E-state index in [1.165, 1.54) is 16.8 Å². The van der Waals surface area contributed by atoms with Gasteiger partial charge in [-0.3, -0.25) is 9.58 Å². The van der Waals surface area contributed by atoms with E-state index in [0.717, 1.165) is 31.9 Å². The Hall–Kier alpha value is -2.39. The van der Waals surface area contributed by atoms with E-state index in [1.54, 1.807) is 0 Å². The van der Waals surface area contributed by atoms with Crippen molar-refractivity contribution in [3.05, 3.63) is 78.0 Å². The molecule has 0 N–H and O–H groups in total. The lowest BCUT2D eigenvalue weighted by Crippen LogP contribution is -2.33. The highest BCUT2D eigenvalue weighted by atomic mass is 15.3. The normalized spacial score (nSPS) is 14.7. The van der Waals surface area contributed by atoms with Crippen molar-refractivity contribution in [3.8, 4) is 11.3 Å². The Bertz CT molecular complexity index is 747. The van der Waals surface area contributed by atoms with Gasteiger partial charge in [-0.25, -0.2) is 0 Å². The summed E-state index contributed by atoms with van der Waals surface area (Å²) >= 11 is 0. The Balaban J connectivity index is 1.53. The number of nitrogens with zero attached hydrogens (tertiary/aromatic N) is 3. The van der Waals surface area contributed by atoms with Crippen LogP contribution in [0.25, 0.3) is 11.3 Å². The summed E-state index contributed by atoms with van der Waals surface area (Å²) in [5.74, 6) is 0. The van der Waals surface area contributed by atoms with E-state index in [4.69, 9.17) is 5.10 Å². The predicted octanol–water partition coefficient (Wildman–Crippen LogP) is 3.57. The summed E-state index contributed by atoms with van der Waals surface area (Å²) in [4.78, 5) is 2.49. The fourth-order valence-electron chi connectivity index (χ4n) is 3.05. The highest BCUT2D eigenvalue weighted by molar-refractivity contribution is 5.59.